The van der Waals surface area contributed by atoms with Gasteiger partial charge in [0.25, 0.3) is 0 Å². The largest absolute Gasteiger partial charge is 0.472 e. The van der Waals surface area contributed by atoms with Crippen molar-refractivity contribution in [2.45, 2.75) is 348 Å². The van der Waals surface area contributed by atoms with E-state index in [2.05, 4.69) is 34.6 Å². The molecule has 17 nitrogen and oxygen atoms in total. The van der Waals surface area contributed by atoms with Gasteiger partial charge in [0.2, 0.25) is 0 Å². The SMILES string of the molecule is CCCCCCCCCCCCCCCCC(=O)OC[C@H](COP(=O)(O)OC[C@@H](O)COP(=O)(O)OC[C@@H](COC(=O)CCCCCCC)OC(=O)CCCCCCCCCCC)OC(=O)CCCCCCCCCCCCCCCC(C)C. The third kappa shape index (κ3) is 59.0. The van der Waals surface area contributed by atoms with Gasteiger partial charge in [-0.2, -0.15) is 0 Å². The quantitative estimate of drug-likeness (QED) is 0.0222. The molecule has 84 heavy (non-hydrogen) atoms. The van der Waals surface area contributed by atoms with Gasteiger partial charge in [0, 0.05) is 25.7 Å². The van der Waals surface area contributed by atoms with E-state index < -0.39 is 97.5 Å². The summed E-state index contributed by atoms with van der Waals surface area (Å²) in [5.41, 5.74) is 0. The molecule has 0 rings (SSSR count). The van der Waals surface area contributed by atoms with Crippen LogP contribution in [0.4, 0.5) is 0 Å². The summed E-state index contributed by atoms with van der Waals surface area (Å²) >= 11 is 0. The average Bonchev–Trinajstić information content (AvgIpc) is 3.65. The first-order chi connectivity index (χ1) is 40.5. The molecule has 0 aliphatic carbocycles. The molecule has 0 bridgehead atoms. The van der Waals surface area contributed by atoms with Crippen molar-refractivity contribution in [2.24, 2.45) is 5.92 Å². The predicted octanol–water partition coefficient (Wildman–Crippen LogP) is 18.2. The topological polar surface area (TPSA) is 237 Å². The van der Waals surface area contributed by atoms with Crippen molar-refractivity contribution < 1.29 is 80.2 Å². The Kier molecular flexibility index (Phi) is 57.4. The molecular weight excluding hydrogens is 1110 g/mol. The number of hydrogen-bond acceptors (Lipinski definition) is 15. The van der Waals surface area contributed by atoms with Crippen LogP contribution in [-0.4, -0.2) is 96.7 Å². The van der Waals surface area contributed by atoms with Crippen LogP contribution in [0.25, 0.3) is 0 Å². The molecule has 0 spiro atoms. The summed E-state index contributed by atoms with van der Waals surface area (Å²) in [5, 5.41) is 10.5. The van der Waals surface area contributed by atoms with Gasteiger partial charge in [0.15, 0.2) is 12.2 Å². The van der Waals surface area contributed by atoms with Gasteiger partial charge < -0.3 is 33.8 Å². The molecule has 0 amide bonds. The molecule has 498 valence electrons. The molecule has 2 unspecified atom stereocenters. The number of aliphatic hydroxyl groups excluding tert-OH is 1. The molecule has 0 heterocycles. The van der Waals surface area contributed by atoms with Gasteiger partial charge in [-0.3, -0.25) is 37.3 Å². The number of unbranched alkanes of at least 4 members (excludes halogenated alkanes) is 37. The molecule has 0 aliphatic heterocycles. The van der Waals surface area contributed by atoms with Crippen LogP contribution >= 0.6 is 15.6 Å². The maximum atomic E-state index is 13.0. The fraction of sp³-hybridized carbons (Fsp3) is 0.938. The van der Waals surface area contributed by atoms with Crippen LogP contribution in [0.3, 0.4) is 0 Å². The number of esters is 4. The Morgan fingerprint density at radius 3 is 0.810 bits per heavy atom. The molecular formula is C65H126O17P2. The summed E-state index contributed by atoms with van der Waals surface area (Å²) in [5.74, 6) is -1.35. The lowest BCUT2D eigenvalue weighted by Crippen LogP contribution is -2.30. The van der Waals surface area contributed by atoms with Gasteiger partial charge in [0.05, 0.1) is 26.4 Å². The maximum absolute atomic E-state index is 13.0. The van der Waals surface area contributed by atoms with Crippen molar-refractivity contribution in [1.82, 2.24) is 0 Å². The molecule has 0 aliphatic rings. The molecule has 0 saturated carbocycles. The number of phosphoric acid groups is 2. The fourth-order valence-electron chi connectivity index (χ4n) is 9.76. The number of hydrogen-bond donors (Lipinski definition) is 3. The van der Waals surface area contributed by atoms with Crippen molar-refractivity contribution >= 4 is 39.5 Å². The standard InChI is InChI=1S/C65H126O17P2/c1-6-9-12-15-17-19-20-21-24-27-31-34-39-44-49-63(68)76-55-61(82-65(70)51-46-41-36-32-28-25-22-23-26-30-33-38-42-47-58(4)5)57-80-84(73,74)78-53-59(66)52-77-83(71,72)79-56-60(54-75-62(67)48-43-37-14-11-8-3)81-64(69)50-45-40-35-29-18-16-13-10-7-2/h58-61,66H,6-57H2,1-5H3,(H,71,72)(H,73,74)/t59-,60+,61+/m0/s1. The van der Waals surface area contributed by atoms with Gasteiger partial charge in [-0.05, 0) is 31.6 Å². The van der Waals surface area contributed by atoms with Crippen LogP contribution in [0.15, 0.2) is 0 Å². The lowest BCUT2D eigenvalue weighted by molar-refractivity contribution is -0.161. The average molecular weight is 1240 g/mol. The Balaban J connectivity index is 5.16. The summed E-state index contributed by atoms with van der Waals surface area (Å²) in [6.07, 6.45) is 43.4. The smallest absolute Gasteiger partial charge is 0.462 e. The molecule has 0 saturated heterocycles. The highest BCUT2D eigenvalue weighted by molar-refractivity contribution is 7.47. The minimum atomic E-state index is -4.94. The summed E-state index contributed by atoms with van der Waals surface area (Å²) in [6, 6.07) is 0. The lowest BCUT2D eigenvalue weighted by Gasteiger charge is -2.21. The Labute approximate surface area is 511 Å². The second kappa shape index (κ2) is 58.7. The molecule has 5 atom stereocenters. The second-order valence-corrected chi connectivity index (χ2v) is 26.9. The molecule has 0 aromatic rings. The molecule has 3 N–H and O–H groups in total. The number of rotatable bonds is 65. The van der Waals surface area contributed by atoms with E-state index >= 15 is 0 Å². The lowest BCUT2D eigenvalue weighted by atomic mass is 10.0. The summed E-state index contributed by atoms with van der Waals surface area (Å²) in [6.45, 7) is 7.12. The first-order valence-electron chi connectivity index (χ1n) is 34.1. The zero-order valence-corrected chi connectivity index (χ0v) is 55.8. The van der Waals surface area contributed by atoms with Crippen molar-refractivity contribution in [2.75, 3.05) is 39.6 Å². The molecule has 0 radical (unpaired) electrons. The highest BCUT2D eigenvalue weighted by Crippen LogP contribution is 2.45. The van der Waals surface area contributed by atoms with E-state index in [1.165, 1.54) is 148 Å². The van der Waals surface area contributed by atoms with Gasteiger partial charge in [-0.1, -0.05) is 279 Å². The second-order valence-electron chi connectivity index (χ2n) is 24.0. The fourth-order valence-corrected chi connectivity index (χ4v) is 11.3. The Hall–Kier alpha value is -1.94. The first kappa shape index (κ1) is 82.1. The third-order valence-electron chi connectivity index (χ3n) is 15.0. The maximum Gasteiger partial charge on any atom is 0.472 e. The number of carbonyl (C=O) groups excluding carboxylic acids is 4. The van der Waals surface area contributed by atoms with Crippen LogP contribution in [-0.2, 0) is 65.4 Å². The third-order valence-corrected chi connectivity index (χ3v) is 16.9. The minimum absolute atomic E-state index is 0.105. The van der Waals surface area contributed by atoms with Crippen molar-refractivity contribution in [1.29, 1.82) is 0 Å². The van der Waals surface area contributed by atoms with E-state index in [-0.39, 0.29) is 25.7 Å². The molecule has 0 fully saturated rings. The summed E-state index contributed by atoms with van der Waals surface area (Å²) in [7, 11) is -9.88. The highest BCUT2D eigenvalue weighted by atomic mass is 31.2. The van der Waals surface area contributed by atoms with Crippen molar-refractivity contribution in [3.8, 4) is 0 Å². The molecule has 19 heteroatoms. The van der Waals surface area contributed by atoms with E-state index in [0.29, 0.717) is 25.7 Å². The number of phosphoric ester groups is 2. The Morgan fingerprint density at radius 2 is 0.548 bits per heavy atom. The van der Waals surface area contributed by atoms with E-state index in [9.17, 15) is 43.2 Å². The summed E-state index contributed by atoms with van der Waals surface area (Å²) < 4.78 is 67.8. The van der Waals surface area contributed by atoms with Crippen LogP contribution in [0.5, 0.6) is 0 Å². The van der Waals surface area contributed by atoms with Crippen LogP contribution in [0.1, 0.15) is 330 Å². The summed E-state index contributed by atoms with van der Waals surface area (Å²) in [4.78, 5) is 72.0. The van der Waals surface area contributed by atoms with Gasteiger partial charge >= 0.3 is 39.5 Å². The molecule has 0 aromatic heterocycles. The monoisotopic (exact) mass is 1240 g/mol. The Morgan fingerprint density at radius 1 is 0.321 bits per heavy atom. The zero-order chi connectivity index (χ0) is 62.0. The predicted molar refractivity (Wildman–Crippen MR) is 335 cm³/mol. The Bertz CT molecular complexity index is 1640. The first-order valence-corrected chi connectivity index (χ1v) is 37.1. The van der Waals surface area contributed by atoms with Gasteiger partial charge in [-0.15, -0.1) is 0 Å². The number of carbonyl (C=O) groups is 4. The van der Waals surface area contributed by atoms with Gasteiger partial charge in [0.1, 0.15) is 19.3 Å². The van der Waals surface area contributed by atoms with E-state index in [4.69, 9.17) is 37.0 Å². The van der Waals surface area contributed by atoms with E-state index in [1.807, 2.05) is 0 Å². The van der Waals surface area contributed by atoms with E-state index in [0.717, 1.165) is 102 Å². The van der Waals surface area contributed by atoms with Crippen molar-refractivity contribution in [3.05, 3.63) is 0 Å². The van der Waals surface area contributed by atoms with Crippen LogP contribution < -0.4 is 0 Å². The molecule has 0 aromatic carbocycles. The van der Waals surface area contributed by atoms with Crippen LogP contribution in [0.2, 0.25) is 0 Å². The highest BCUT2D eigenvalue weighted by Gasteiger charge is 2.30. The zero-order valence-electron chi connectivity index (χ0n) is 54.0. The minimum Gasteiger partial charge on any atom is -0.462 e. The van der Waals surface area contributed by atoms with Crippen molar-refractivity contribution in [3.63, 3.8) is 0 Å². The number of aliphatic hydroxyl groups is 1. The van der Waals surface area contributed by atoms with E-state index in [1.54, 1.807) is 0 Å². The van der Waals surface area contributed by atoms with Gasteiger partial charge in [-0.25, -0.2) is 9.13 Å². The number of ether oxygens (including phenoxy) is 4. The normalized spacial score (nSPS) is 14.2. The van der Waals surface area contributed by atoms with Crippen LogP contribution in [0, 0.1) is 5.92 Å².